The first kappa shape index (κ1) is 29.3. The van der Waals surface area contributed by atoms with Crippen molar-refractivity contribution in [2.45, 2.75) is 21.0 Å². The zero-order valence-corrected chi connectivity index (χ0v) is 18.3. The standard InChI is InChI=1S/C19H22N4O4.CH4.H2O4S/c1-12(24)27-17-9-8-15(10-16(17)18(25)23(2)3)26-11-13-4-6-14(7-5-13)22-19(20)21;;1-5(2,3)4/h4-10H,11H2,1-3H3,(H4,20,21,22);1H4;(H2,1,2,3,4)/p-2. The third kappa shape index (κ3) is 12.1. The van der Waals surface area contributed by atoms with Crippen LogP contribution in [-0.2, 0) is 21.8 Å². The second-order valence-electron chi connectivity index (χ2n) is 6.35. The number of rotatable bonds is 6. The lowest BCUT2D eigenvalue weighted by Gasteiger charge is -2.15. The summed E-state index contributed by atoms with van der Waals surface area (Å²) in [7, 11) is -1.93. The number of hydrogen-bond acceptors (Lipinski definition) is 9. The molecule has 0 aliphatic heterocycles. The molecular weight excluding hydrogens is 456 g/mol. The first-order chi connectivity index (χ1) is 14.8. The van der Waals surface area contributed by atoms with E-state index in [1.54, 1.807) is 38.4 Å². The van der Waals surface area contributed by atoms with E-state index < -0.39 is 16.4 Å². The average Bonchev–Trinajstić information content (AvgIpc) is 2.65. The van der Waals surface area contributed by atoms with E-state index in [1.807, 2.05) is 12.1 Å². The van der Waals surface area contributed by atoms with Crippen molar-refractivity contribution < 1.29 is 36.6 Å². The van der Waals surface area contributed by atoms with Gasteiger partial charge in [-0.2, -0.15) is 0 Å². The van der Waals surface area contributed by atoms with E-state index in [1.165, 1.54) is 17.9 Å². The monoisotopic (exact) mass is 482 g/mol. The molecule has 0 bridgehead atoms. The minimum atomic E-state index is -5.17. The van der Waals surface area contributed by atoms with E-state index in [0.29, 0.717) is 11.4 Å². The van der Waals surface area contributed by atoms with E-state index in [9.17, 15) is 9.59 Å². The summed E-state index contributed by atoms with van der Waals surface area (Å²) in [5.74, 6) is -0.139. The molecular formula is C20H26N4O8S-2. The third-order valence-corrected chi connectivity index (χ3v) is 3.44. The van der Waals surface area contributed by atoms with Crippen LogP contribution in [0.15, 0.2) is 47.5 Å². The molecule has 0 spiro atoms. The number of esters is 1. The molecule has 4 N–H and O–H groups in total. The molecule has 0 aliphatic rings. The normalized spacial score (nSPS) is 9.97. The molecule has 0 aromatic heterocycles. The average molecular weight is 483 g/mol. The predicted octanol–water partition coefficient (Wildman–Crippen LogP) is 1.10. The molecule has 13 heteroatoms. The highest BCUT2D eigenvalue weighted by Crippen LogP contribution is 2.26. The summed E-state index contributed by atoms with van der Waals surface area (Å²) in [5, 5.41) is 0. The number of carbonyl (C=O) groups excluding carboxylic acids is 2. The number of aliphatic imine (C=N–C) groups is 1. The van der Waals surface area contributed by atoms with Crippen LogP contribution >= 0.6 is 0 Å². The predicted molar refractivity (Wildman–Crippen MR) is 119 cm³/mol. The highest BCUT2D eigenvalue weighted by atomic mass is 32.3. The Morgan fingerprint density at radius 1 is 1.06 bits per heavy atom. The Morgan fingerprint density at radius 3 is 2.06 bits per heavy atom. The van der Waals surface area contributed by atoms with Crippen LogP contribution in [0.25, 0.3) is 0 Å². The number of nitrogens with zero attached hydrogens (tertiary/aromatic N) is 2. The van der Waals surface area contributed by atoms with Crippen molar-refractivity contribution in [1.82, 2.24) is 4.90 Å². The van der Waals surface area contributed by atoms with E-state index in [4.69, 9.17) is 38.5 Å². The molecule has 33 heavy (non-hydrogen) atoms. The fraction of sp³-hybridized carbons (Fsp3) is 0.250. The van der Waals surface area contributed by atoms with Gasteiger partial charge in [0.15, 0.2) is 5.96 Å². The molecule has 2 rings (SSSR count). The second-order valence-corrected chi connectivity index (χ2v) is 7.17. The van der Waals surface area contributed by atoms with Gasteiger partial charge in [0.2, 0.25) is 0 Å². The van der Waals surface area contributed by atoms with Crippen molar-refractivity contribution in [1.29, 1.82) is 0 Å². The van der Waals surface area contributed by atoms with Crippen LogP contribution in [0.5, 0.6) is 11.5 Å². The molecule has 0 heterocycles. The Hall–Kier alpha value is -3.68. The molecule has 2 aromatic rings. The van der Waals surface area contributed by atoms with Crippen LogP contribution in [0.2, 0.25) is 0 Å². The number of nitrogens with two attached hydrogens (primary N) is 2. The summed E-state index contributed by atoms with van der Waals surface area (Å²) in [6.07, 6.45) is 0. The highest BCUT2D eigenvalue weighted by molar-refractivity contribution is 7.79. The van der Waals surface area contributed by atoms with Crippen molar-refractivity contribution in [2.75, 3.05) is 14.1 Å². The number of benzene rings is 2. The maximum Gasteiger partial charge on any atom is 0.308 e. The molecule has 0 radical (unpaired) electrons. The smallest absolute Gasteiger partial charge is 0.308 e. The van der Waals surface area contributed by atoms with Gasteiger partial charge in [-0.3, -0.25) is 18.0 Å². The van der Waals surface area contributed by atoms with Crippen molar-refractivity contribution in [3.05, 3.63) is 53.6 Å². The van der Waals surface area contributed by atoms with Gasteiger partial charge in [-0.05, 0) is 35.9 Å². The van der Waals surface area contributed by atoms with Gasteiger partial charge in [-0.15, -0.1) is 0 Å². The molecule has 0 saturated heterocycles. The quantitative estimate of drug-likeness (QED) is 0.150. The Morgan fingerprint density at radius 2 is 1.61 bits per heavy atom. The van der Waals surface area contributed by atoms with Gasteiger partial charge >= 0.3 is 5.97 Å². The first-order valence-corrected chi connectivity index (χ1v) is 10.1. The summed E-state index contributed by atoms with van der Waals surface area (Å²) in [5.41, 5.74) is 12.5. The van der Waals surface area contributed by atoms with E-state index in [-0.39, 0.29) is 37.2 Å². The summed E-state index contributed by atoms with van der Waals surface area (Å²) in [6.45, 7) is 1.56. The van der Waals surface area contributed by atoms with Crippen LogP contribution in [0.3, 0.4) is 0 Å². The SMILES string of the molecule is C.CC(=O)Oc1ccc(OCc2ccc(N=C(N)N)cc2)cc1C(=O)N(C)C.O=S(=O)([O-])[O-]. The topological polar surface area (TPSA) is 200 Å². The van der Waals surface area contributed by atoms with Crippen molar-refractivity contribution in [2.24, 2.45) is 16.5 Å². The zero-order valence-electron chi connectivity index (χ0n) is 17.5. The van der Waals surface area contributed by atoms with Gasteiger partial charge < -0.3 is 34.9 Å². The lowest BCUT2D eigenvalue weighted by molar-refractivity contribution is -0.131. The van der Waals surface area contributed by atoms with Gasteiger partial charge in [0.05, 0.1) is 11.3 Å². The fourth-order valence-electron chi connectivity index (χ4n) is 2.23. The number of amides is 1. The molecule has 0 fully saturated rings. The Balaban J connectivity index is 0.00000154. The molecule has 12 nitrogen and oxygen atoms in total. The van der Waals surface area contributed by atoms with Gasteiger partial charge in [0.25, 0.3) is 5.91 Å². The summed E-state index contributed by atoms with van der Waals surface area (Å²) < 4.78 is 44.9. The second kappa shape index (κ2) is 13.0. The Kier molecular flexibility index (Phi) is 11.6. The molecule has 0 saturated carbocycles. The maximum atomic E-state index is 12.3. The Bertz CT molecular complexity index is 1070. The van der Waals surface area contributed by atoms with Gasteiger partial charge in [0, 0.05) is 31.4 Å². The van der Waals surface area contributed by atoms with Crippen LogP contribution < -0.4 is 20.9 Å². The van der Waals surface area contributed by atoms with Crippen LogP contribution in [0, 0.1) is 0 Å². The first-order valence-electron chi connectivity index (χ1n) is 8.78. The number of ether oxygens (including phenoxy) is 2. The summed E-state index contributed by atoms with van der Waals surface area (Å²) in [4.78, 5) is 28.9. The molecule has 182 valence electrons. The lowest BCUT2D eigenvalue weighted by atomic mass is 10.1. The van der Waals surface area contributed by atoms with Crippen LogP contribution in [0.1, 0.15) is 30.3 Å². The number of hydrogen-bond donors (Lipinski definition) is 2. The van der Waals surface area contributed by atoms with Gasteiger partial charge in [-0.25, -0.2) is 4.99 Å². The highest BCUT2D eigenvalue weighted by Gasteiger charge is 2.17. The Labute approximate surface area is 192 Å². The summed E-state index contributed by atoms with van der Waals surface area (Å²) in [6, 6.07) is 11.9. The van der Waals surface area contributed by atoms with Crippen molar-refractivity contribution in [3.8, 4) is 11.5 Å². The van der Waals surface area contributed by atoms with Crippen molar-refractivity contribution >= 4 is 33.9 Å². The van der Waals surface area contributed by atoms with E-state index in [0.717, 1.165) is 5.56 Å². The molecule has 2 aromatic carbocycles. The lowest BCUT2D eigenvalue weighted by Crippen LogP contribution is -2.23. The maximum absolute atomic E-state index is 12.3. The van der Waals surface area contributed by atoms with Crippen LogP contribution in [-0.4, -0.2) is 54.4 Å². The van der Waals surface area contributed by atoms with E-state index >= 15 is 0 Å². The zero-order chi connectivity index (χ0) is 24.5. The minimum Gasteiger partial charge on any atom is -0.759 e. The molecule has 0 aliphatic carbocycles. The number of guanidine groups is 1. The van der Waals surface area contributed by atoms with Gasteiger partial charge in [0.1, 0.15) is 18.1 Å². The van der Waals surface area contributed by atoms with Crippen molar-refractivity contribution in [3.63, 3.8) is 0 Å². The largest absolute Gasteiger partial charge is 0.759 e. The fourth-order valence-corrected chi connectivity index (χ4v) is 2.23. The third-order valence-electron chi connectivity index (χ3n) is 3.44. The molecule has 0 atom stereocenters. The minimum absolute atomic E-state index is 0. The van der Waals surface area contributed by atoms with Gasteiger partial charge in [-0.1, -0.05) is 19.6 Å². The van der Waals surface area contributed by atoms with Crippen LogP contribution in [0.4, 0.5) is 5.69 Å². The molecule has 0 unspecified atom stereocenters. The van der Waals surface area contributed by atoms with E-state index in [2.05, 4.69) is 4.99 Å². The number of carbonyl (C=O) groups is 2. The summed E-state index contributed by atoms with van der Waals surface area (Å²) >= 11 is 0. The molecule has 1 amide bonds.